The average molecular weight is 224 g/mol. The molecule has 4 unspecified atom stereocenters. The van der Waals surface area contributed by atoms with E-state index in [1.807, 2.05) is 0 Å². The van der Waals surface area contributed by atoms with Gasteiger partial charge in [0.1, 0.15) is 0 Å². The lowest BCUT2D eigenvalue weighted by Crippen LogP contribution is -2.39. The lowest BCUT2D eigenvalue weighted by atomic mass is 9.83. The van der Waals surface area contributed by atoms with Gasteiger partial charge in [-0.2, -0.15) is 0 Å². The van der Waals surface area contributed by atoms with Gasteiger partial charge >= 0.3 is 0 Å². The molecule has 0 radical (unpaired) electrons. The molecule has 0 spiro atoms. The lowest BCUT2D eigenvalue weighted by Gasteiger charge is -2.38. The highest BCUT2D eigenvalue weighted by molar-refractivity contribution is 6.14. The number of hydrogen-bond acceptors (Lipinski definition) is 1. The monoisotopic (exact) mass is 224 g/mol. The maximum atomic E-state index is 6.10. The Hall–Kier alpha value is 0.177. The Morgan fingerprint density at radius 2 is 2.13 bits per heavy atom. The summed E-state index contributed by atoms with van der Waals surface area (Å²) in [5.41, 5.74) is 0. The molecule has 2 bridgehead atoms. The third kappa shape index (κ3) is 2.03. The summed E-state index contributed by atoms with van der Waals surface area (Å²) < 4.78 is 6.10. The second-order valence-corrected chi connectivity index (χ2v) is 8.22. The fraction of sp³-hybridized carbons (Fsp3) is 1.00. The molecule has 3 aliphatic rings. The Bertz CT molecular complexity index is 235. The summed E-state index contributed by atoms with van der Waals surface area (Å²) in [6.07, 6.45) is 11.7. The number of hydrogen-bond donors (Lipinski definition) is 0. The van der Waals surface area contributed by atoms with Gasteiger partial charge in [0.05, 0.1) is 0 Å². The van der Waals surface area contributed by atoms with Crippen LogP contribution >= 0.6 is 0 Å². The van der Waals surface area contributed by atoms with Crippen molar-refractivity contribution in [3.8, 4) is 0 Å². The Balaban J connectivity index is 1.60. The van der Waals surface area contributed by atoms with Crippen molar-refractivity contribution < 1.29 is 4.74 Å². The summed E-state index contributed by atoms with van der Waals surface area (Å²) in [5.74, 6) is 3.24. The SMILES string of the molecule is [SiH3]C1(CC2CC3CCC2C3)CCCCO1. The van der Waals surface area contributed by atoms with E-state index in [-0.39, 0.29) is 0 Å². The molecule has 4 atom stereocenters. The molecule has 15 heavy (non-hydrogen) atoms. The number of ether oxygens (including phenoxy) is 1. The van der Waals surface area contributed by atoms with Crippen molar-refractivity contribution in [3.63, 3.8) is 0 Å². The van der Waals surface area contributed by atoms with E-state index in [1.54, 1.807) is 6.42 Å². The highest BCUT2D eigenvalue weighted by atomic mass is 28.1. The lowest BCUT2D eigenvalue weighted by molar-refractivity contribution is -0.0366. The average Bonchev–Trinajstić information content (AvgIpc) is 2.79. The summed E-state index contributed by atoms with van der Waals surface area (Å²) in [6.45, 7) is 1.05. The Kier molecular flexibility index (Phi) is 2.68. The highest BCUT2D eigenvalue weighted by Crippen LogP contribution is 2.51. The highest BCUT2D eigenvalue weighted by Gasteiger charge is 2.42. The molecule has 0 amide bonds. The van der Waals surface area contributed by atoms with E-state index in [9.17, 15) is 0 Å². The summed E-state index contributed by atoms with van der Waals surface area (Å²) in [7, 11) is 1.25. The first-order valence-corrected chi connectivity index (χ1v) is 7.89. The van der Waals surface area contributed by atoms with Crippen molar-refractivity contribution in [2.75, 3.05) is 6.61 Å². The third-order valence-electron chi connectivity index (χ3n) is 5.13. The van der Waals surface area contributed by atoms with Gasteiger partial charge in [-0.05, 0) is 62.7 Å². The largest absolute Gasteiger partial charge is 0.380 e. The molecular weight excluding hydrogens is 200 g/mol. The van der Waals surface area contributed by atoms with Gasteiger partial charge < -0.3 is 4.74 Å². The molecular formula is C13H24OSi. The van der Waals surface area contributed by atoms with Crippen LogP contribution in [0.1, 0.15) is 51.4 Å². The van der Waals surface area contributed by atoms with Crippen molar-refractivity contribution >= 4 is 10.2 Å². The molecule has 0 N–H and O–H groups in total. The maximum absolute atomic E-state index is 6.10. The predicted molar refractivity (Wildman–Crippen MR) is 66.0 cm³/mol. The van der Waals surface area contributed by atoms with Crippen LogP contribution in [0.4, 0.5) is 0 Å². The van der Waals surface area contributed by atoms with Crippen LogP contribution in [-0.4, -0.2) is 22.1 Å². The van der Waals surface area contributed by atoms with Gasteiger partial charge in [-0.1, -0.05) is 6.42 Å². The zero-order valence-electron chi connectivity index (χ0n) is 10.0. The van der Waals surface area contributed by atoms with Crippen LogP contribution in [0.2, 0.25) is 0 Å². The van der Waals surface area contributed by atoms with E-state index >= 15 is 0 Å². The van der Waals surface area contributed by atoms with Crippen LogP contribution in [0.3, 0.4) is 0 Å². The van der Waals surface area contributed by atoms with Gasteiger partial charge in [-0.25, -0.2) is 0 Å². The standard InChI is InChI=1S/C13H24OSi/c15-13(5-1-2-6-14-13)9-12-8-10-3-4-11(12)7-10/h10-12H,1-9H2,15H3. The van der Waals surface area contributed by atoms with E-state index in [4.69, 9.17) is 4.74 Å². The molecule has 2 saturated carbocycles. The van der Waals surface area contributed by atoms with E-state index in [1.165, 1.54) is 55.2 Å². The minimum atomic E-state index is 0.382. The fourth-order valence-corrected chi connectivity index (χ4v) is 5.42. The predicted octanol–water partition coefficient (Wildman–Crippen LogP) is 2.07. The second-order valence-electron chi connectivity index (χ2n) is 6.39. The van der Waals surface area contributed by atoms with Gasteiger partial charge in [0.25, 0.3) is 0 Å². The summed E-state index contributed by atoms with van der Waals surface area (Å²) in [4.78, 5) is 0. The molecule has 0 aromatic rings. The Labute approximate surface area is 96.4 Å². The van der Waals surface area contributed by atoms with Gasteiger partial charge in [0.2, 0.25) is 0 Å². The van der Waals surface area contributed by atoms with Crippen molar-refractivity contribution in [3.05, 3.63) is 0 Å². The first-order valence-electron chi connectivity index (χ1n) is 6.89. The molecule has 1 aliphatic heterocycles. The fourth-order valence-electron chi connectivity index (χ4n) is 4.33. The molecule has 3 fully saturated rings. The molecule has 0 aromatic heterocycles. The minimum absolute atomic E-state index is 0.382. The zero-order chi connectivity index (χ0) is 10.3. The van der Waals surface area contributed by atoms with Crippen LogP contribution in [0.15, 0.2) is 0 Å². The maximum Gasteiger partial charge on any atom is 0.0488 e. The van der Waals surface area contributed by atoms with E-state index < -0.39 is 0 Å². The minimum Gasteiger partial charge on any atom is -0.380 e. The van der Waals surface area contributed by atoms with Crippen LogP contribution in [0.5, 0.6) is 0 Å². The molecule has 2 heteroatoms. The molecule has 0 aromatic carbocycles. The molecule has 86 valence electrons. The summed E-state index contributed by atoms with van der Waals surface area (Å²) >= 11 is 0. The number of fused-ring (bicyclic) bond motifs is 2. The quantitative estimate of drug-likeness (QED) is 0.653. The van der Waals surface area contributed by atoms with Crippen molar-refractivity contribution in [2.24, 2.45) is 17.8 Å². The molecule has 1 nitrogen and oxygen atoms in total. The van der Waals surface area contributed by atoms with Gasteiger partial charge in [-0.15, -0.1) is 0 Å². The van der Waals surface area contributed by atoms with Gasteiger partial charge in [0.15, 0.2) is 0 Å². The van der Waals surface area contributed by atoms with Gasteiger partial charge in [0, 0.05) is 22.1 Å². The molecule has 2 aliphatic carbocycles. The van der Waals surface area contributed by atoms with Crippen molar-refractivity contribution in [2.45, 2.75) is 56.6 Å². The Morgan fingerprint density at radius 3 is 2.73 bits per heavy atom. The zero-order valence-corrected chi connectivity index (χ0v) is 12.0. The van der Waals surface area contributed by atoms with Crippen LogP contribution in [-0.2, 0) is 4.74 Å². The topological polar surface area (TPSA) is 9.23 Å². The van der Waals surface area contributed by atoms with Gasteiger partial charge in [-0.3, -0.25) is 0 Å². The summed E-state index contributed by atoms with van der Waals surface area (Å²) in [6, 6.07) is 0. The molecule has 3 rings (SSSR count). The number of rotatable bonds is 2. The van der Waals surface area contributed by atoms with Crippen molar-refractivity contribution in [1.82, 2.24) is 0 Å². The van der Waals surface area contributed by atoms with Crippen LogP contribution < -0.4 is 0 Å². The summed E-state index contributed by atoms with van der Waals surface area (Å²) in [5, 5.41) is 0.382. The third-order valence-corrected chi connectivity index (χ3v) is 6.33. The molecule has 1 heterocycles. The Morgan fingerprint density at radius 1 is 1.20 bits per heavy atom. The smallest absolute Gasteiger partial charge is 0.0488 e. The van der Waals surface area contributed by atoms with Crippen molar-refractivity contribution in [1.29, 1.82) is 0 Å². The van der Waals surface area contributed by atoms with Crippen LogP contribution in [0, 0.1) is 17.8 Å². The van der Waals surface area contributed by atoms with E-state index in [0.717, 1.165) is 24.4 Å². The van der Waals surface area contributed by atoms with E-state index in [0.29, 0.717) is 5.22 Å². The van der Waals surface area contributed by atoms with Crippen LogP contribution in [0.25, 0.3) is 0 Å². The molecule has 1 saturated heterocycles. The first-order chi connectivity index (χ1) is 7.25. The second kappa shape index (κ2) is 3.88. The normalized spacial score (nSPS) is 50.0. The van der Waals surface area contributed by atoms with E-state index in [2.05, 4.69) is 0 Å². The first kappa shape index (κ1) is 10.3.